The van der Waals surface area contributed by atoms with E-state index in [2.05, 4.69) is 15.9 Å². The number of aliphatic hydroxyl groups is 1. The first-order chi connectivity index (χ1) is 6.45. The average molecular weight is 303 g/mol. The molecule has 2 nitrogen and oxygen atoms in total. The Hall–Kier alpha value is -0.310. The Kier molecular flexibility index (Phi) is 4.19. The van der Waals surface area contributed by atoms with E-state index in [1.165, 1.54) is 0 Å². The highest BCUT2D eigenvalue weighted by atomic mass is 79.9. The number of Topliss-reactive ketones (excluding diaryl/α,β-unsaturated/α-hetero) is 1. The van der Waals surface area contributed by atoms with Gasteiger partial charge in [0.2, 0.25) is 0 Å². The maximum Gasteiger partial charge on any atom is 0.426 e. The number of alkyl halides is 7. The van der Waals surface area contributed by atoms with Crippen molar-refractivity contribution >= 4 is 21.7 Å². The van der Waals surface area contributed by atoms with Crippen LogP contribution in [0.4, 0.5) is 26.3 Å². The van der Waals surface area contributed by atoms with Gasteiger partial charge in [-0.1, -0.05) is 15.9 Å². The second-order valence-corrected chi connectivity index (χ2v) is 3.27. The van der Waals surface area contributed by atoms with Gasteiger partial charge in [0.1, 0.15) is 5.78 Å². The minimum atomic E-state index is -5.94. The van der Waals surface area contributed by atoms with Crippen molar-refractivity contribution in [2.45, 2.75) is 24.4 Å². The summed E-state index contributed by atoms with van der Waals surface area (Å²) in [4.78, 5) is 10.5. The van der Waals surface area contributed by atoms with Gasteiger partial charge in [0.15, 0.2) is 0 Å². The molecule has 15 heavy (non-hydrogen) atoms. The van der Waals surface area contributed by atoms with Gasteiger partial charge in [-0.2, -0.15) is 26.3 Å². The largest absolute Gasteiger partial charge is 0.426 e. The summed E-state index contributed by atoms with van der Waals surface area (Å²) in [7, 11) is 0. The zero-order valence-electron chi connectivity index (χ0n) is 6.92. The van der Waals surface area contributed by atoms with Crippen LogP contribution in [-0.2, 0) is 4.79 Å². The molecule has 0 aromatic rings. The Morgan fingerprint density at radius 3 is 1.60 bits per heavy atom. The Morgan fingerprint density at radius 2 is 1.40 bits per heavy atom. The number of hydrogen-bond acceptors (Lipinski definition) is 2. The van der Waals surface area contributed by atoms with Crippen LogP contribution in [0.2, 0.25) is 0 Å². The fourth-order valence-corrected chi connectivity index (χ4v) is 0.892. The van der Waals surface area contributed by atoms with Gasteiger partial charge in [-0.05, 0) is 0 Å². The van der Waals surface area contributed by atoms with Gasteiger partial charge in [-0.3, -0.25) is 4.79 Å². The van der Waals surface area contributed by atoms with Crippen LogP contribution >= 0.6 is 15.9 Å². The molecule has 0 aromatic heterocycles. The first-order valence-corrected chi connectivity index (χ1v) is 4.51. The fourth-order valence-electron chi connectivity index (χ4n) is 0.694. The van der Waals surface area contributed by atoms with Crippen molar-refractivity contribution in [1.82, 2.24) is 0 Å². The highest BCUT2D eigenvalue weighted by Crippen LogP contribution is 2.45. The molecule has 0 aliphatic carbocycles. The van der Waals surface area contributed by atoms with Crippen LogP contribution in [0.25, 0.3) is 0 Å². The molecule has 0 aliphatic rings. The van der Waals surface area contributed by atoms with E-state index in [1.807, 2.05) is 0 Å². The van der Waals surface area contributed by atoms with Gasteiger partial charge in [-0.25, -0.2) is 0 Å². The molecular weight excluding hydrogens is 298 g/mol. The van der Waals surface area contributed by atoms with Crippen LogP contribution in [0, 0.1) is 0 Å². The molecule has 0 rings (SSSR count). The van der Waals surface area contributed by atoms with E-state index in [-0.39, 0.29) is 0 Å². The standard InChI is InChI=1S/C6H5BrF6O2/c7-2-3(14)1-4(15,5(8,9)10)6(11,12)13/h15H,1-2H2. The van der Waals surface area contributed by atoms with Gasteiger partial charge in [0.05, 0.1) is 11.8 Å². The van der Waals surface area contributed by atoms with Crippen molar-refractivity contribution in [3.05, 3.63) is 0 Å². The summed E-state index contributed by atoms with van der Waals surface area (Å²) in [5.74, 6) is -1.40. The van der Waals surface area contributed by atoms with Crippen LogP contribution in [0.15, 0.2) is 0 Å². The lowest BCUT2D eigenvalue weighted by atomic mass is 9.96. The van der Waals surface area contributed by atoms with Crippen molar-refractivity contribution in [3.63, 3.8) is 0 Å². The first kappa shape index (κ1) is 14.7. The van der Waals surface area contributed by atoms with E-state index in [4.69, 9.17) is 5.11 Å². The van der Waals surface area contributed by atoms with Crippen molar-refractivity contribution < 1.29 is 36.2 Å². The summed E-state index contributed by atoms with van der Waals surface area (Å²) in [6.45, 7) is 0. The number of halogens is 7. The van der Waals surface area contributed by atoms with Crippen molar-refractivity contribution in [1.29, 1.82) is 0 Å². The van der Waals surface area contributed by atoms with E-state index in [0.717, 1.165) is 0 Å². The zero-order valence-corrected chi connectivity index (χ0v) is 8.50. The number of carbonyl (C=O) groups is 1. The summed E-state index contributed by atoms with van der Waals surface area (Å²) in [6, 6.07) is 0. The van der Waals surface area contributed by atoms with Crippen LogP contribution < -0.4 is 0 Å². The van der Waals surface area contributed by atoms with Crippen LogP contribution in [0.5, 0.6) is 0 Å². The Morgan fingerprint density at radius 1 is 1.07 bits per heavy atom. The predicted molar refractivity (Wildman–Crippen MR) is 40.5 cm³/mol. The maximum absolute atomic E-state index is 12.0. The van der Waals surface area contributed by atoms with E-state index in [1.54, 1.807) is 0 Å². The van der Waals surface area contributed by atoms with Crippen LogP contribution in [0.3, 0.4) is 0 Å². The molecule has 0 amide bonds. The predicted octanol–water partition coefficient (Wildman–Crippen LogP) is 2.20. The second kappa shape index (κ2) is 4.28. The van der Waals surface area contributed by atoms with Crippen molar-refractivity contribution in [2.75, 3.05) is 5.33 Å². The SMILES string of the molecule is O=C(CBr)CC(O)(C(F)(F)F)C(F)(F)F. The van der Waals surface area contributed by atoms with Gasteiger partial charge in [0, 0.05) is 0 Å². The molecular formula is C6H5BrF6O2. The lowest BCUT2D eigenvalue weighted by Crippen LogP contribution is -2.58. The number of rotatable bonds is 3. The van der Waals surface area contributed by atoms with E-state index in [9.17, 15) is 31.1 Å². The normalized spacial score (nSPS) is 14.1. The van der Waals surface area contributed by atoms with Crippen LogP contribution in [0.1, 0.15) is 6.42 Å². The molecule has 90 valence electrons. The highest BCUT2D eigenvalue weighted by molar-refractivity contribution is 9.09. The molecule has 0 unspecified atom stereocenters. The third-order valence-electron chi connectivity index (χ3n) is 1.54. The molecule has 0 aliphatic heterocycles. The van der Waals surface area contributed by atoms with Crippen LogP contribution in [-0.4, -0.2) is 34.2 Å². The number of ketones is 1. The summed E-state index contributed by atoms with van der Waals surface area (Å²) in [5, 5.41) is 7.80. The topological polar surface area (TPSA) is 37.3 Å². The van der Waals surface area contributed by atoms with Gasteiger partial charge in [-0.15, -0.1) is 0 Å². The lowest BCUT2D eigenvalue weighted by molar-refractivity contribution is -0.366. The van der Waals surface area contributed by atoms with Crippen molar-refractivity contribution in [2.24, 2.45) is 0 Å². The highest BCUT2D eigenvalue weighted by Gasteiger charge is 2.70. The lowest BCUT2D eigenvalue weighted by Gasteiger charge is -2.31. The maximum atomic E-state index is 12.0. The molecule has 0 atom stereocenters. The van der Waals surface area contributed by atoms with Gasteiger partial charge >= 0.3 is 12.4 Å². The molecule has 0 fully saturated rings. The zero-order chi connectivity index (χ0) is 12.5. The second-order valence-electron chi connectivity index (χ2n) is 2.70. The molecule has 1 N–H and O–H groups in total. The monoisotopic (exact) mass is 302 g/mol. The molecule has 0 aromatic carbocycles. The van der Waals surface area contributed by atoms with E-state index < -0.39 is 35.5 Å². The average Bonchev–Trinajstić information content (AvgIpc) is 1.99. The molecule has 9 heteroatoms. The Labute approximate surface area is 88.4 Å². The summed E-state index contributed by atoms with van der Waals surface area (Å²) < 4.78 is 71.8. The third kappa shape index (κ3) is 3.07. The summed E-state index contributed by atoms with van der Waals surface area (Å²) in [6.07, 6.45) is -13.9. The van der Waals surface area contributed by atoms with E-state index in [0.29, 0.717) is 0 Å². The van der Waals surface area contributed by atoms with Crippen molar-refractivity contribution in [3.8, 4) is 0 Å². The molecule has 0 saturated carbocycles. The van der Waals surface area contributed by atoms with E-state index >= 15 is 0 Å². The van der Waals surface area contributed by atoms with Gasteiger partial charge < -0.3 is 5.11 Å². The number of carbonyl (C=O) groups excluding carboxylic acids is 1. The molecule has 0 heterocycles. The molecule has 0 radical (unpaired) electrons. The molecule has 0 saturated heterocycles. The minimum absolute atomic E-state index is 0.693. The third-order valence-corrected chi connectivity index (χ3v) is 2.17. The Balaban J connectivity index is 5.15. The molecule has 0 bridgehead atoms. The first-order valence-electron chi connectivity index (χ1n) is 3.39. The fraction of sp³-hybridized carbons (Fsp3) is 0.833. The van der Waals surface area contributed by atoms with Gasteiger partial charge in [0.25, 0.3) is 5.60 Å². The number of hydrogen-bond donors (Lipinski definition) is 1. The molecule has 0 spiro atoms. The summed E-state index contributed by atoms with van der Waals surface area (Å²) >= 11 is 2.41. The minimum Gasteiger partial charge on any atom is -0.373 e. The smallest absolute Gasteiger partial charge is 0.373 e. The summed E-state index contributed by atoms with van der Waals surface area (Å²) in [5.41, 5.74) is -4.98. The Bertz CT molecular complexity index is 231. The quantitative estimate of drug-likeness (QED) is 0.641.